The number of methoxy groups -OCH3 is 1. The number of rotatable bonds is 6. The molecule has 2 saturated heterocycles. The predicted molar refractivity (Wildman–Crippen MR) is 160 cm³/mol. The van der Waals surface area contributed by atoms with Crippen molar-refractivity contribution < 1.29 is 63.5 Å². The standard InChI is InChI=1S/C32H34O14/c1-11-8-9-15(29(38)39)20-16-10-17(33)14-6-5-7-18(21(14)26(16)45-30(40)19(11)20)44-32-28(24(36)22(34)12(2)43-32)46-31-25(37)27(41-4)23(35)13(3)42-31/h5-10,12-13,22-25,27-28,31-37H,1-4H3,(H,38,39)/t12-,13-,22+,23+,24+,25+,27+,28+,31-,32+/m0/s1. The average molecular weight is 643 g/mol. The van der Waals surface area contributed by atoms with Crippen LogP contribution in [0, 0.1) is 6.92 Å². The van der Waals surface area contributed by atoms with Crippen LogP contribution in [-0.2, 0) is 18.9 Å². The van der Waals surface area contributed by atoms with E-state index >= 15 is 0 Å². The molecule has 3 aromatic carbocycles. The number of hydrogen-bond acceptors (Lipinski definition) is 13. The summed E-state index contributed by atoms with van der Waals surface area (Å²) in [6, 6.07) is 8.74. The van der Waals surface area contributed by atoms with Crippen LogP contribution >= 0.6 is 0 Å². The molecule has 0 spiro atoms. The van der Waals surface area contributed by atoms with Crippen molar-refractivity contribution in [2.45, 2.75) is 82.2 Å². The highest BCUT2D eigenvalue weighted by Crippen LogP contribution is 2.42. The molecule has 0 radical (unpaired) electrons. The summed E-state index contributed by atoms with van der Waals surface area (Å²) in [5.41, 5.74) is -0.584. The zero-order valence-corrected chi connectivity index (χ0v) is 25.2. The highest BCUT2D eigenvalue weighted by molar-refractivity contribution is 6.21. The van der Waals surface area contributed by atoms with Gasteiger partial charge in [-0.25, -0.2) is 9.59 Å². The number of ether oxygens (including phenoxy) is 5. The first-order valence-electron chi connectivity index (χ1n) is 14.6. The summed E-state index contributed by atoms with van der Waals surface area (Å²) < 4.78 is 34.8. The molecule has 4 aromatic rings. The molecule has 10 atom stereocenters. The normalized spacial score (nSPS) is 31.8. The Labute approximate surface area is 260 Å². The number of aryl methyl sites for hydroxylation is 1. The second-order valence-corrected chi connectivity index (χ2v) is 11.6. The summed E-state index contributed by atoms with van der Waals surface area (Å²) >= 11 is 0. The Balaban J connectivity index is 1.49. The topological polar surface area (TPSA) is 215 Å². The van der Waals surface area contributed by atoms with E-state index in [0.29, 0.717) is 5.56 Å². The molecule has 3 heterocycles. The molecule has 246 valence electrons. The maximum absolute atomic E-state index is 13.3. The van der Waals surface area contributed by atoms with Crippen LogP contribution in [0.2, 0.25) is 0 Å². The van der Waals surface area contributed by atoms with Gasteiger partial charge in [0.1, 0.15) is 42.0 Å². The molecule has 2 aliphatic rings. The average Bonchev–Trinajstić information content (AvgIpc) is 3.01. The molecule has 6 N–H and O–H groups in total. The monoisotopic (exact) mass is 642 g/mol. The van der Waals surface area contributed by atoms with Gasteiger partial charge < -0.3 is 58.7 Å². The quantitative estimate of drug-likeness (QED) is 0.130. The number of benzene rings is 3. The zero-order chi connectivity index (χ0) is 33.2. The highest BCUT2D eigenvalue weighted by atomic mass is 16.8. The number of carboxylic acids is 1. The van der Waals surface area contributed by atoms with E-state index in [9.17, 15) is 40.2 Å². The first-order valence-corrected chi connectivity index (χ1v) is 14.6. The lowest BCUT2D eigenvalue weighted by molar-refractivity contribution is -0.353. The van der Waals surface area contributed by atoms with E-state index in [0.717, 1.165) is 0 Å². The van der Waals surface area contributed by atoms with Gasteiger partial charge in [-0.3, -0.25) is 0 Å². The van der Waals surface area contributed by atoms with Crippen molar-refractivity contribution in [3.05, 3.63) is 57.9 Å². The van der Waals surface area contributed by atoms with Gasteiger partial charge in [-0.1, -0.05) is 18.2 Å². The molecule has 46 heavy (non-hydrogen) atoms. The van der Waals surface area contributed by atoms with E-state index in [1.807, 2.05) is 0 Å². The number of phenols is 1. The molecule has 14 heteroatoms. The summed E-state index contributed by atoms with van der Waals surface area (Å²) in [6.45, 7) is 4.67. The molecular weight excluding hydrogens is 608 g/mol. The summed E-state index contributed by atoms with van der Waals surface area (Å²) in [6.07, 6.45) is -13.0. The van der Waals surface area contributed by atoms with Crippen LogP contribution < -0.4 is 10.4 Å². The predicted octanol–water partition coefficient (Wildman–Crippen LogP) is 1.52. The Morgan fingerprint density at radius 1 is 0.826 bits per heavy atom. The minimum atomic E-state index is -1.62. The summed E-state index contributed by atoms with van der Waals surface area (Å²) in [4.78, 5) is 25.5. The number of carboxylic acid groups (broad SMARTS) is 1. The lowest BCUT2D eigenvalue weighted by atomic mass is 9.96. The number of aliphatic hydroxyl groups excluding tert-OH is 4. The summed E-state index contributed by atoms with van der Waals surface area (Å²) in [7, 11) is 1.30. The Morgan fingerprint density at radius 3 is 2.22 bits per heavy atom. The van der Waals surface area contributed by atoms with Crippen LogP contribution in [0.25, 0.3) is 32.5 Å². The Kier molecular flexibility index (Phi) is 8.41. The molecule has 2 fully saturated rings. The van der Waals surface area contributed by atoms with Gasteiger partial charge in [0, 0.05) is 23.3 Å². The summed E-state index contributed by atoms with van der Waals surface area (Å²) in [5.74, 6) is -1.56. The smallest absolute Gasteiger partial charge is 0.344 e. The minimum absolute atomic E-state index is 0.0107. The van der Waals surface area contributed by atoms with Crippen LogP contribution in [-0.4, -0.2) is 105 Å². The molecular formula is C32H34O14. The van der Waals surface area contributed by atoms with Gasteiger partial charge in [0.2, 0.25) is 6.29 Å². The molecule has 0 amide bonds. The lowest BCUT2D eigenvalue weighted by Crippen LogP contribution is -2.64. The maximum Gasteiger partial charge on any atom is 0.344 e. The zero-order valence-electron chi connectivity index (χ0n) is 25.2. The number of aromatic hydroxyl groups is 1. The third kappa shape index (κ3) is 5.16. The number of aromatic carboxylic acids is 1. The van der Waals surface area contributed by atoms with Crippen molar-refractivity contribution in [3.8, 4) is 11.5 Å². The van der Waals surface area contributed by atoms with E-state index in [-0.39, 0.29) is 49.6 Å². The van der Waals surface area contributed by atoms with Gasteiger partial charge in [-0.2, -0.15) is 0 Å². The molecule has 14 nitrogen and oxygen atoms in total. The van der Waals surface area contributed by atoms with E-state index in [1.54, 1.807) is 19.9 Å². The molecule has 1 aromatic heterocycles. The molecule has 0 bridgehead atoms. The number of aliphatic hydroxyl groups is 4. The first-order chi connectivity index (χ1) is 21.8. The molecule has 6 rings (SSSR count). The summed E-state index contributed by atoms with van der Waals surface area (Å²) in [5, 5.41) is 64.6. The maximum atomic E-state index is 13.3. The van der Waals surface area contributed by atoms with E-state index < -0.39 is 73.0 Å². The molecule has 2 aliphatic heterocycles. The first kappa shape index (κ1) is 32.1. The SMILES string of the molecule is CO[C@H]1[C@@H](O)[C@H](O[C@H]2[C@@H](Oc3cccc4c(O)cc5c(oc(=O)c6c(C)ccc(C(=O)O)c65)c34)O[C@@H](C)[C@@H](O)[C@H]2O)O[C@@H](C)[C@H]1O. The fraction of sp³-hybridized carbons (Fsp3) is 0.438. The van der Waals surface area contributed by atoms with Crippen LogP contribution in [0.5, 0.6) is 11.5 Å². The van der Waals surface area contributed by atoms with Gasteiger partial charge in [-0.05, 0) is 44.5 Å². The second kappa shape index (κ2) is 12.1. The fourth-order valence-corrected chi connectivity index (χ4v) is 6.26. The third-order valence-corrected chi connectivity index (χ3v) is 8.74. The highest BCUT2D eigenvalue weighted by Gasteiger charge is 2.50. The number of phenolic OH excluding ortho intramolecular Hbond substituents is 1. The van der Waals surface area contributed by atoms with Gasteiger partial charge >= 0.3 is 11.6 Å². The largest absolute Gasteiger partial charge is 0.507 e. The van der Waals surface area contributed by atoms with Gasteiger partial charge in [0.05, 0.1) is 28.5 Å². The van der Waals surface area contributed by atoms with Gasteiger partial charge in [-0.15, -0.1) is 0 Å². The van der Waals surface area contributed by atoms with E-state index in [2.05, 4.69) is 0 Å². The van der Waals surface area contributed by atoms with Crippen molar-refractivity contribution in [1.29, 1.82) is 0 Å². The molecule has 0 aliphatic carbocycles. The van der Waals surface area contributed by atoms with Crippen LogP contribution in [0.3, 0.4) is 0 Å². The van der Waals surface area contributed by atoms with Gasteiger partial charge in [0.25, 0.3) is 0 Å². The van der Waals surface area contributed by atoms with Gasteiger partial charge in [0.15, 0.2) is 18.0 Å². The Hall–Kier alpha value is -3.86. The minimum Gasteiger partial charge on any atom is -0.507 e. The van der Waals surface area contributed by atoms with Crippen molar-refractivity contribution >= 4 is 38.5 Å². The Bertz CT molecular complexity index is 1870. The van der Waals surface area contributed by atoms with Crippen LogP contribution in [0.15, 0.2) is 45.6 Å². The number of carbonyl (C=O) groups is 1. The molecule has 0 unspecified atom stereocenters. The third-order valence-electron chi connectivity index (χ3n) is 8.74. The number of hydrogen-bond donors (Lipinski definition) is 6. The lowest BCUT2D eigenvalue weighted by Gasteiger charge is -2.46. The van der Waals surface area contributed by atoms with E-state index in [1.165, 1.54) is 44.4 Å². The second-order valence-electron chi connectivity index (χ2n) is 11.6. The van der Waals surface area contributed by atoms with E-state index in [4.69, 9.17) is 28.1 Å². The Morgan fingerprint density at radius 2 is 1.52 bits per heavy atom. The van der Waals surface area contributed by atoms with Crippen molar-refractivity contribution in [3.63, 3.8) is 0 Å². The van der Waals surface area contributed by atoms with Crippen molar-refractivity contribution in [2.24, 2.45) is 0 Å². The van der Waals surface area contributed by atoms with Crippen molar-refractivity contribution in [2.75, 3.05) is 7.11 Å². The van der Waals surface area contributed by atoms with Crippen LogP contribution in [0.1, 0.15) is 29.8 Å². The number of fused-ring (bicyclic) bond motifs is 5. The van der Waals surface area contributed by atoms with Crippen molar-refractivity contribution in [1.82, 2.24) is 0 Å². The van der Waals surface area contributed by atoms with Crippen LogP contribution in [0.4, 0.5) is 0 Å². The fourth-order valence-electron chi connectivity index (χ4n) is 6.26. The molecule has 0 saturated carbocycles.